The first-order chi connectivity index (χ1) is 15.5. The number of piperazine rings is 1. The van der Waals surface area contributed by atoms with Crippen molar-refractivity contribution in [2.75, 3.05) is 44.6 Å². The number of ether oxygens (including phenoxy) is 2. The highest BCUT2D eigenvalue weighted by molar-refractivity contribution is 5.93. The van der Waals surface area contributed by atoms with E-state index in [1.807, 2.05) is 12.1 Å². The second-order valence-corrected chi connectivity index (χ2v) is 7.60. The molecule has 2 aromatic rings. The van der Waals surface area contributed by atoms with Gasteiger partial charge in [0.2, 0.25) is 12.0 Å². The van der Waals surface area contributed by atoms with E-state index in [1.54, 1.807) is 29.2 Å². The van der Waals surface area contributed by atoms with E-state index in [9.17, 15) is 19.7 Å². The Morgan fingerprint density at radius 1 is 1.03 bits per heavy atom. The molecule has 0 bridgehead atoms. The molecule has 0 radical (unpaired) electrons. The van der Waals surface area contributed by atoms with Gasteiger partial charge in [0.15, 0.2) is 11.5 Å². The fourth-order valence-electron chi connectivity index (χ4n) is 3.75. The Morgan fingerprint density at radius 2 is 1.72 bits per heavy atom. The van der Waals surface area contributed by atoms with E-state index >= 15 is 0 Å². The first-order valence-electron chi connectivity index (χ1n) is 10.4. The number of carbonyl (C=O) groups is 2. The third-order valence-corrected chi connectivity index (χ3v) is 5.50. The minimum absolute atomic E-state index is 0.103. The van der Waals surface area contributed by atoms with Crippen LogP contribution in [-0.2, 0) is 9.59 Å². The molecule has 1 saturated heterocycles. The summed E-state index contributed by atoms with van der Waals surface area (Å²) in [6, 6.07) is 13.3. The number of hydrogen-bond acceptors (Lipinski definition) is 7. The Labute approximate surface area is 184 Å². The predicted molar refractivity (Wildman–Crippen MR) is 116 cm³/mol. The largest absolute Gasteiger partial charge is 0.485 e. The number of nitro groups is 1. The first-order valence-corrected chi connectivity index (χ1v) is 10.4. The van der Waals surface area contributed by atoms with Gasteiger partial charge in [0.05, 0.1) is 4.92 Å². The summed E-state index contributed by atoms with van der Waals surface area (Å²) in [6.45, 7) is 3.02. The van der Waals surface area contributed by atoms with Crippen LogP contribution in [-0.4, -0.2) is 72.0 Å². The second-order valence-electron chi connectivity index (χ2n) is 7.60. The van der Waals surface area contributed by atoms with E-state index in [-0.39, 0.29) is 36.2 Å². The summed E-state index contributed by atoms with van der Waals surface area (Å²) in [5, 5.41) is 13.7. The van der Waals surface area contributed by atoms with Crippen LogP contribution in [0.15, 0.2) is 48.5 Å². The van der Waals surface area contributed by atoms with Crippen molar-refractivity contribution in [3.05, 3.63) is 58.6 Å². The number of nitrogens with one attached hydrogen (secondary N) is 1. The van der Waals surface area contributed by atoms with Crippen molar-refractivity contribution in [3.8, 4) is 11.5 Å². The molecule has 0 saturated carbocycles. The fraction of sp³-hybridized carbons (Fsp3) is 0.364. The third-order valence-electron chi connectivity index (χ3n) is 5.50. The molecule has 10 nitrogen and oxygen atoms in total. The summed E-state index contributed by atoms with van der Waals surface area (Å²) in [4.78, 5) is 39.5. The average Bonchev–Trinajstić information content (AvgIpc) is 2.82. The zero-order valence-electron chi connectivity index (χ0n) is 17.4. The zero-order chi connectivity index (χ0) is 22.5. The van der Waals surface area contributed by atoms with Crippen LogP contribution in [0.3, 0.4) is 0 Å². The van der Waals surface area contributed by atoms with Gasteiger partial charge in [0.25, 0.3) is 11.6 Å². The molecule has 2 aromatic carbocycles. The molecule has 168 valence electrons. The van der Waals surface area contributed by atoms with Crippen molar-refractivity contribution in [2.24, 2.45) is 0 Å². The van der Waals surface area contributed by atoms with E-state index in [0.29, 0.717) is 44.2 Å². The minimum atomic E-state index is -0.663. The van der Waals surface area contributed by atoms with Gasteiger partial charge in [-0.3, -0.25) is 24.6 Å². The summed E-state index contributed by atoms with van der Waals surface area (Å²) in [5.74, 6) is 0.818. The Balaban J connectivity index is 1.22. The molecule has 2 amide bonds. The molecule has 2 aliphatic heterocycles. The van der Waals surface area contributed by atoms with Crippen molar-refractivity contribution in [1.29, 1.82) is 0 Å². The van der Waals surface area contributed by atoms with Gasteiger partial charge in [0, 0.05) is 45.2 Å². The van der Waals surface area contributed by atoms with Gasteiger partial charge < -0.3 is 19.7 Å². The molecule has 10 heteroatoms. The number of nitro benzene ring substituents is 1. The van der Waals surface area contributed by atoms with Crippen LogP contribution in [0.2, 0.25) is 0 Å². The Morgan fingerprint density at radius 3 is 2.47 bits per heavy atom. The van der Waals surface area contributed by atoms with E-state index in [2.05, 4.69) is 10.2 Å². The molecule has 4 rings (SSSR count). The molecular weight excluding hydrogens is 416 g/mol. The number of para-hydroxylation sites is 4. The van der Waals surface area contributed by atoms with Gasteiger partial charge >= 0.3 is 0 Å². The van der Waals surface area contributed by atoms with Gasteiger partial charge in [0.1, 0.15) is 12.3 Å². The number of fused-ring (bicyclic) bond motifs is 1. The smallest absolute Gasteiger partial charge is 0.292 e. The lowest BCUT2D eigenvalue weighted by atomic mass is 10.2. The molecular formula is C22H24N4O6. The molecule has 2 heterocycles. The number of anilines is 1. The molecule has 0 aromatic heterocycles. The predicted octanol–water partition coefficient (Wildman–Crippen LogP) is 1.91. The summed E-state index contributed by atoms with van der Waals surface area (Å²) >= 11 is 0. The topological polar surface area (TPSA) is 114 Å². The van der Waals surface area contributed by atoms with Gasteiger partial charge in [-0.2, -0.15) is 0 Å². The lowest BCUT2D eigenvalue weighted by Crippen LogP contribution is -2.54. The number of carbonyl (C=O) groups excluding carboxylic acids is 2. The van der Waals surface area contributed by atoms with Crippen LogP contribution < -0.4 is 14.8 Å². The quantitative estimate of drug-likeness (QED) is 0.539. The average molecular weight is 440 g/mol. The van der Waals surface area contributed by atoms with Gasteiger partial charge in [-0.05, 0) is 18.2 Å². The van der Waals surface area contributed by atoms with E-state index in [1.165, 1.54) is 12.1 Å². The number of hydrogen-bond donors (Lipinski definition) is 1. The number of rotatable bonds is 6. The van der Waals surface area contributed by atoms with Crippen LogP contribution in [0, 0.1) is 10.1 Å². The molecule has 1 fully saturated rings. The molecule has 0 spiro atoms. The maximum atomic E-state index is 12.8. The fourth-order valence-corrected chi connectivity index (χ4v) is 3.75. The Hall–Kier alpha value is -3.66. The Bertz CT molecular complexity index is 1010. The van der Waals surface area contributed by atoms with E-state index in [0.717, 1.165) is 0 Å². The SMILES string of the molecule is O=C(CCN1CCN(C(=O)[C@H]2COc3ccccc3O2)CC1)Nc1ccccc1[N+](=O)[O-]. The summed E-state index contributed by atoms with van der Waals surface area (Å²) in [7, 11) is 0. The minimum Gasteiger partial charge on any atom is -0.485 e. The number of nitrogens with zero attached hydrogens (tertiary/aromatic N) is 3. The van der Waals surface area contributed by atoms with Gasteiger partial charge in [-0.25, -0.2) is 0 Å². The molecule has 32 heavy (non-hydrogen) atoms. The van der Waals surface area contributed by atoms with Crippen molar-refractivity contribution >= 4 is 23.2 Å². The third kappa shape index (κ3) is 4.97. The molecule has 1 atom stereocenters. The Kier molecular flexibility index (Phi) is 6.50. The highest BCUT2D eigenvalue weighted by Crippen LogP contribution is 2.31. The lowest BCUT2D eigenvalue weighted by Gasteiger charge is -2.37. The van der Waals surface area contributed by atoms with E-state index in [4.69, 9.17) is 9.47 Å². The maximum absolute atomic E-state index is 12.8. The molecule has 0 unspecified atom stereocenters. The van der Waals surface area contributed by atoms with Crippen LogP contribution in [0.1, 0.15) is 6.42 Å². The normalized spacial score (nSPS) is 18.1. The van der Waals surface area contributed by atoms with Crippen molar-refractivity contribution < 1.29 is 24.0 Å². The second kappa shape index (κ2) is 9.65. The first kappa shape index (κ1) is 21.6. The highest BCUT2D eigenvalue weighted by Gasteiger charge is 2.32. The van der Waals surface area contributed by atoms with Crippen molar-refractivity contribution in [3.63, 3.8) is 0 Å². The maximum Gasteiger partial charge on any atom is 0.292 e. The summed E-state index contributed by atoms with van der Waals surface area (Å²) in [5.41, 5.74) is 0.0544. The number of amides is 2. The van der Waals surface area contributed by atoms with Crippen LogP contribution in [0.5, 0.6) is 11.5 Å². The number of benzene rings is 2. The van der Waals surface area contributed by atoms with Gasteiger partial charge in [-0.1, -0.05) is 24.3 Å². The standard InChI is InChI=1S/C22H24N4O6/c27-21(23-16-5-1-2-6-17(16)26(29)30)9-10-24-11-13-25(14-12-24)22(28)20-15-31-18-7-3-4-8-19(18)32-20/h1-8,20H,9-15H2,(H,23,27)/t20-/m1/s1. The van der Waals surface area contributed by atoms with Gasteiger partial charge in [-0.15, -0.1) is 0 Å². The zero-order valence-corrected chi connectivity index (χ0v) is 17.4. The van der Waals surface area contributed by atoms with Crippen molar-refractivity contribution in [1.82, 2.24) is 9.80 Å². The highest BCUT2D eigenvalue weighted by atomic mass is 16.6. The van der Waals surface area contributed by atoms with Crippen LogP contribution in [0.4, 0.5) is 11.4 Å². The van der Waals surface area contributed by atoms with Crippen LogP contribution in [0.25, 0.3) is 0 Å². The summed E-state index contributed by atoms with van der Waals surface area (Å²) in [6.07, 6.45) is -0.458. The monoisotopic (exact) mass is 440 g/mol. The molecule has 1 N–H and O–H groups in total. The molecule has 2 aliphatic rings. The molecule has 0 aliphatic carbocycles. The van der Waals surface area contributed by atoms with E-state index < -0.39 is 11.0 Å². The van der Waals surface area contributed by atoms with Crippen LogP contribution >= 0.6 is 0 Å². The lowest BCUT2D eigenvalue weighted by molar-refractivity contribution is -0.383. The van der Waals surface area contributed by atoms with Crippen molar-refractivity contribution in [2.45, 2.75) is 12.5 Å². The summed E-state index contributed by atoms with van der Waals surface area (Å²) < 4.78 is 11.4.